The van der Waals surface area contributed by atoms with Gasteiger partial charge in [-0.3, -0.25) is 0 Å². The van der Waals surface area contributed by atoms with Gasteiger partial charge in [-0.25, -0.2) is 0 Å². The molecule has 0 nitrogen and oxygen atoms in total. The third-order valence-electron chi connectivity index (χ3n) is 1.47. The lowest BCUT2D eigenvalue weighted by Crippen LogP contribution is -2.05. The fourth-order valence-corrected chi connectivity index (χ4v) is 1.45. The van der Waals surface area contributed by atoms with Crippen LogP contribution in [0.15, 0.2) is 29.2 Å². The Balaban J connectivity index is 0. The molecule has 17 heavy (non-hydrogen) atoms. The highest BCUT2D eigenvalue weighted by Crippen LogP contribution is 3.02. The zero-order valence-corrected chi connectivity index (χ0v) is 11.4. The Morgan fingerprint density at radius 3 is 1.24 bits per heavy atom. The molecule has 0 saturated carbocycles. The number of hydrogen-bond donors (Lipinski definition) is 0. The van der Waals surface area contributed by atoms with Crippen molar-refractivity contribution < 1.29 is 19.4 Å². The fraction of sp³-hybridized carbons (Fsp3) is 0.455. The van der Waals surface area contributed by atoms with Crippen LogP contribution in [-0.2, 0) is 0 Å². The predicted octanol–water partition coefficient (Wildman–Crippen LogP) is 6.70. The van der Waals surface area contributed by atoms with E-state index < -0.39 is 15.1 Å². The molecule has 0 aliphatic carbocycles. The van der Waals surface area contributed by atoms with Gasteiger partial charge < -0.3 is 0 Å². The van der Waals surface area contributed by atoms with E-state index in [1.54, 1.807) is 0 Å². The van der Waals surface area contributed by atoms with Gasteiger partial charge in [-0.05, 0) is 19.1 Å². The van der Waals surface area contributed by atoms with E-state index in [0.29, 0.717) is 17.7 Å². The Morgan fingerprint density at radius 1 is 0.706 bits per heavy atom. The predicted molar refractivity (Wildman–Crippen MR) is 65.3 cm³/mol. The first kappa shape index (κ1) is 18.6. The van der Waals surface area contributed by atoms with E-state index in [-0.39, 0.29) is 0 Å². The van der Waals surface area contributed by atoms with E-state index in [4.69, 9.17) is 0 Å². The van der Waals surface area contributed by atoms with Crippen molar-refractivity contribution in [2.24, 2.45) is 0 Å². The summed E-state index contributed by atoms with van der Waals surface area (Å²) in [5.41, 5.74) is 0.505. The second-order valence-electron chi connectivity index (χ2n) is 2.78. The maximum atomic E-state index is 12.1. The largest absolute Gasteiger partial charge is 0.310 e. The lowest BCUT2D eigenvalue weighted by atomic mass is 10.2. The summed E-state index contributed by atoms with van der Waals surface area (Å²) in [5, 5.41) is 0. The Kier molecular flexibility index (Phi) is 5.73. The van der Waals surface area contributed by atoms with Gasteiger partial charge >= 0.3 is 10.2 Å². The molecule has 0 spiro atoms. The van der Waals surface area contributed by atoms with Gasteiger partial charge in [-0.15, -0.1) is 0 Å². The number of aryl methyl sites for hydroxylation is 1. The van der Waals surface area contributed by atoms with Gasteiger partial charge in [0.15, 0.2) is 0 Å². The van der Waals surface area contributed by atoms with E-state index >= 15 is 0 Å². The number of halogens is 5. The standard InChI is InChI=1S/C7H7F5S.2C2H6/c1-6-2-4-7(5-3-6)13(8,9,10,11)12;2*1-2/h2-5H,1H3;2*1-2H3. The van der Waals surface area contributed by atoms with Gasteiger partial charge in [0.05, 0.1) is 0 Å². The first-order chi connectivity index (χ1) is 7.49. The van der Waals surface area contributed by atoms with Crippen LogP contribution in [0.2, 0.25) is 0 Å². The molecule has 0 unspecified atom stereocenters. The molecule has 0 amide bonds. The zero-order chi connectivity index (χ0) is 14.4. The third kappa shape index (κ3) is 7.20. The molecule has 0 fully saturated rings. The number of rotatable bonds is 1. The summed E-state index contributed by atoms with van der Waals surface area (Å²) < 4.78 is 60.4. The van der Waals surface area contributed by atoms with Crippen molar-refractivity contribution in [3.8, 4) is 0 Å². The summed E-state index contributed by atoms with van der Waals surface area (Å²) in [6.45, 7) is 9.52. The van der Waals surface area contributed by atoms with Crippen LogP contribution < -0.4 is 0 Å². The first-order valence-corrected chi connectivity index (χ1v) is 7.25. The molecule has 104 valence electrons. The van der Waals surface area contributed by atoms with Gasteiger partial charge in [-0.2, -0.15) is 0 Å². The maximum absolute atomic E-state index is 12.1. The minimum absolute atomic E-state index is 0.400. The van der Waals surface area contributed by atoms with Crippen LogP contribution in [0.3, 0.4) is 0 Å². The smallest absolute Gasteiger partial charge is 0.0936 e. The minimum atomic E-state index is -9.45. The fourth-order valence-electron chi connectivity index (χ4n) is 0.795. The van der Waals surface area contributed by atoms with Crippen LogP contribution in [-0.4, -0.2) is 0 Å². The lowest BCUT2D eigenvalue weighted by Gasteiger charge is -2.40. The van der Waals surface area contributed by atoms with Gasteiger partial charge in [-0.1, -0.05) is 64.8 Å². The molecule has 0 N–H and O–H groups in total. The second-order valence-corrected chi connectivity index (χ2v) is 5.19. The normalized spacial score (nSPS) is 14.2. The van der Waals surface area contributed by atoms with Crippen LogP contribution >= 0.6 is 10.2 Å². The van der Waals surface area contributed by atoms with Crippen molar-refractivity contribution in [2.75, 3.05) is 0 Å². The second kappa shape index (κ2) is 5.25. The molecule has 1 aromatic carbocycles. The van der Waals surface area contributed by atoms with Crippen molar-refractivity contribution in [1.82, 2.24) is 0 Å². The molecule has 0 bridgehead atoms. The Morgan fingerprint density at radius 2 is 1.00 bits per heavy atom. The summed E-state index contributed by atoms with van der Waals surface area (Å²) in [5.74, 6) is 0. The average Bonchev–Trinajstić information content (AvgIpc) is 2.21. The zero-order valence-electron chi connectivity index (χ0n) is 10.6. The summed E-state index contributed by atoms with van der Waals surface area (Å²) in [4.78, 5) is -1.84. The maximum Gasteiger partial charge on any atom is 0.310 e. The van der Waals surface area contributed by atoms with Crippen molar-refractivity contribution in [3.05, 3.63) is 29.8 Å². The average molecular weight is 278 g/mol. The molecule has 0 aromatic heterocycles. The highest BCUT2D eigenvalue weighted by molar-refractivity contribution is 8.45. The van der Waals surface area contributed by atoms with Crippen LogP contribution in [0.25, 0.3) is 0 Å². The Bertz CT molecular complexity index is 324. The van der Waals surface area contributed by atoms with E-state index in [2.05, 4.69) is 0 Å². The highest BCUT2D eigenvalue weighted by Gasteiger charge is 2.65. The third-order valence-corrected chi connectivity index (χ3v) is 2.63. The first-order valence-electron chi connectivity index (χ1n) is 5.30. The van der Waals surface area contributed by atoms with Gasteiger partial charge in [0.25, 0.3) is 0 Å². The number of benzene rings is 1. The van der Waals surface area contributed by atoms with E-state index in [0.717, 1.165) is 12.1 Å². The summed E-state index contributed by atoms with van der Waals surface area (Å²) in [6, 6.07) is 2.81. The Hall–Kier alpha value is -0.780. The van der Waals surface area contributed by atoms with Crippen LogP contribution in [0, 0.1) is 6.92 Å². The van der Waals surface area contributed by atoms with Crippen LogP contribution in [0.4, 0.5) is 19.4 Å². The number of hydrogen-bond acceptors (Lipinski definition) is 0. The molecule has 0 aliphatic heterocycles. The monoisotopic (exact) mass is 278 g/mol. The minimum Gasteiger partial charge on any atom is -0.0936 e. The van der Waals surface area contributed by atoms with Crippen molar-refractivity contribution in [2.45, 2.75) is 39.5 Å². The van der Waals surface area contributed by atoms with Crippen LogP contribution in [0.5, 0.6) is 0 Å². The van der Waals surface area contributed by atoms with Gasteiger partial charge in [0.1, 0.15) is 4.90 Å². The summed E-state index contributed by atoms with van der Waals surface area (Å²) in [7, 11) is -9.45. The molecule has 0 saturated heterocycles. The molecular weight excluding hydrogens is 259 g/mol. The molecule has 1 aromatic rings. The Labute approximate surface area is 99.6 Å². The van der Waals surface area contributed by atoms with Gasteiger partial charge in [0, 0.05) is 0 Å². The molecule has 0 heterocycles. The molecule has 1 rings (SSSR count). The highest BCUT2D eigenvalue weighted by atomic mass is 32.5. The van der Waals surface area contributed by atoms with Crippen molar-refractivity contribution >= 4 is 10.2 Å². The van der Waals surface area contributed by atoms with E-state index in [1.807, 2.05) is 27.7 Å². The van der Waals surface area contributed by atoms with E-state index in [9.17, 15) is 19.4 Å². The molecule has 0 aliphatic rings. The van der Waals surface area contributed by atoms with Crippen molar-refractivity contribution in [1.29, 1.82) is 0 Å². The quantitative estimate of drug-likeness (QED) is 0.501. The topological polar surface area (TPSA) is 0 Å². The van der Waals surface area contributed by atoms with Crippen LogP contribution in [0.1, 0.15) is 33.3 Å². The van der Waals surface area contributed by atoms with E-state index in [1.165, 1.54) is 6.92 Å². The molecule has 0 atom stereocenters. The molecule has 6 heteroatoms. The summed E-state index contributed by atoms with van der Waals surface area (Å²) in [6.07, 6.45) is 0. The molecule has 0 radical (unpaired) electrons. The van der Waals surface area contributed by atoms with Gasteiger partial charge in [0.2, 0.25) is 0 Å². The summed E-state index contributed by atoms with van der Waals surface area (Å²) >= 11 is 0. The SMILES string of the molecule is CC.CC.Cc1ccc(S(F)(F)(F)(F)F)cc1. The van der Waals surface area contributed by atoms with Crippen molar-refractivity contribution in [3.63, 3.8) is 0 Å². The molecular formula is C11H19F5S. The lowest BCUT2D eigenvalue weighted by molar-refractivity contribution is 0.364.